The molecule has 2 aromatic rings. The molecule has 1 atom stereocenters. The van der Waals surface area contributed by atoms with Gasteiger partial charge >= 0.3 is 0 Å². The highest BCUT2D eigenvalue weighted by molar-refractivity contribution is 5.29. The highest BCUT2D eigenvalue weighted by Gasteiger charge is 2.07. The summed E-state index contributed by atoms with van der Waals surface area (Å²) in [5.74, 6) is 0.512. The van der Waals surface area contributed by atoms with E-state index in [9.17, 15) is 9.50 Å². The predicted octanol–water partition coefficient (Wildman–Crippen LogP) is 2.70. The van der Waals surface area contributed by atoms with Gasteiger partial charge in [0.2, 0.25) is 0 Å². The van der Waals surface area contributed by atoms with Crippen LogP contribution >= 0.6 is 0 Å². The molecule has 0 spiro atoms. The molecule has 2 N–H and O–H groups in total. The van der Waals surface area contributed by atoms with Crippen molar-refractivity contribution in [1.29, 1.82) is 0 Å². The van der Waals surface area contributed by atoms with E-state index in [1.807, 2.05) is 24.3 Å². The molecule has 112 valence electrons. The van der Waals surface area contributed by atoms with Gasteiger partial charge in [0.1, 0.15) is 11.6 Å². The molecule has 0 fully saturated rings. The molecule has 0 aliphatic carbocycles. The third-order valence-corrected chi connectivity index (χ3v) is 3.32. The second kappa shape index (κ2) is 7.76. The summed E-state index contributed by atoms with van der Waals surface area (Å²) in [5.41, 5.74) is 1.89. The molecular weight excluding hydrogens is 269 g/mol. The lowest BCUT2D eigenvalue weighted by molar-refractivity contribution is 0.174. The lowest BCUT2D eigenvalue weighted by Crippen LogP contribution is -2.23. The molecule has 2 aromatic carbocycles. The molecule has 0 aliphatic heterocycles. The van der Waals surface area contributed by atoms with Gasteiger partial charge in [-0.1, -0.05) is 24.3 Å². The van der Waals surface area contributed by atoms with Gasteiger partial charge in [0.05, 0.1) is 13.2 Å². The van der Waals surface area contributed by atoms with E-state index < -0.39 is 6.10 Å². The van der Waals surface area contributed by atoms with Crippen LogP contribution in [0.3, 0.4) is 0 Å². The van der Waals surface area contributed by atoms with Crippen molar-refractivity contribution < 1.29 is 14.2 Å². The average molecular weight is 289 g/mol. The summed E-state index contributed by atoms with van der Waals surface area (Å²) in [6.07, 6.45) is 0.221. The maximum absolute atomic E-state index is 12.8. The third-order valence-electron chi connectivity index (χ3n) is 3.32. The largest absolute Gasteiger partial charge is 0.497 e. The van der Waals surface area contributed by atoms with Crippen LogP contribution in [0.1, 0.15) is 17.2 Å². The highest BCUT2D eigenvalue weighted by atomic mass is 19.1. The van der Waals surface area contributed by atoms with Crippen molar-refractivity contribution in [3.63, 3.8) is 0 Å². The zero-order valence-corrected chi connectivity index (χ0v) is 12.1. The van der Waals surface area contributed by atoms with E-state index in [0.717, 1.165) is 29.8 Å². The molecule has 21 heavy (non-hydrogen) atoms. The molecule has 0 bridgehead atoms. The molecule has 0 aliphatic rings. The van der Waals surface area contributed by atoms with Crippen LogP contribution in [0.5, 0.6) is 5.75 Å². The van der Waals surface area contributed by atoms with Crippen molar-refractivity contribution >= 4 is 0 Å². The first-order valence-electron chi connectivity index (χ1n) is 6.96. The number of aliphatic hydroxyl groups excluding tert-OH is 1. The Balaban J connectivity index is 1.76. The third kappa shape index (κ3) is 4.85. The molecule has 0 saturated carbocycles. The highest BCUT2D eigenvalue weighted by Crippen LogP contribution is 2.18. The van der Waals surface area contributed by atoms with Gasteiger partial charge in [-0.05, 0) is 48.4 Å². The lowest BCUT2D eigenvalue weighted by atomic mass is 10.1. The molecule has 0 aromatic heterocycles. The van der Waals surface area contributed by atoms with E-state index in [2.05, 4.69) is 5.32 Å². The summed E-state index contributed by atoms with van der Waals surface area (Å²) in [5, 5.41) is 13.3. The van der Waals surface area contributed by atoms with Crippen LogP contribution in [-0.4, -0.2) is 25.3 Å². The Morgan fingerprint density at radius 2 is 1.95 bits per heavy atom. The van der Waals surface area contributed by atoms with Crippen molar-refractivity contribution in [3.05, 3.63) is 65.5 Å². The summed E-state index contributed by atoms with van der Waals surface area (Å²) in [6, 6.07) is 13.9. The second-order valence-electron chi connectivity index (χ2n) is 4.87. The van der Waals surface area contributed by atoms with Crippen LogP contribution < -0.4 is 10.1 Å². The van der Waals surface area contributed by atoms with E-state index in [1.165, 1.54) is 12.1 Å². The maximum Gasteiger partial charge on any atom is 0.123 e. The predicted molar refractivity (Wildman–Crippen MR) is 80.9 cm³/mol. The van der Waals surface area contributed by atoms with Gasteiger partial charge in [-0.3, -0.25) is 0 Å². The van der Waals surface area contributed by atoms with Crippen molar-refractivity contribution in [2.75, 3.05) is 20.2 Å². The fourth-order valence-corrected chi connectivity index (χ4v) is 2.09. The topological polar surface area (TPSA) is 41.5 Å². The zero-order valence-electron chi connectivity index (χ0n) is 12.1. The Labute approximate surface area is 124 Å². The van der Waals surface area contributed by atoms with Crippen molar-refractivity contribution in [2.45, 2.75) is 12.5 Å². The number of hydrogen-bond donors (Lipinski definition) is 2. The summed E-state index contributed by atoms with van der Waals surface area (Å²) >= 11 is 0. The van der Waals surface area contributed by atoms with Crippen LogP contribution in [0.15, 0.2) is 48.5 Å². The molecule has 1 unspecified atom stereocenters. The second-order valence-corrected chi connectivity index (χ2v) is 4.87. The molecule has 0 heterocycles. The van der Waals surface area contributed by atoms with Gasteiger partial charge in [0, 0.05) is 6.54 Å². The maximum atomic E-state index is 12.8. The molecule has 0 amide bonds. The zero-order chi connectivity index (χ0) is 15.1. The van der Waals surface area contributed by atoms with Gasteiger partial charge in [0.15, 0.2) is 0 Å². The van der Waals surface area contributed by atoms with Crippen LogP contribution in [0.25, 0.3) is 0 Å². The van der Waals surface area contributed by atoms with E-state index in [-0.39, 0.29) is 5.82 Å². The molecule has 4 heteroatoms. The van der Waals surface area contributed by atoms with Gasteiger partial charge < -0.3 is 15.2 Å². The quantitative estimate of drug-likeness (QED) is 0.770. The Morgan fingerprint density at radius 1 is 1.19 bits per heavy atom. The van der Waals surface area contributed by atoms with Crippen LogP contribution in [-0.2, 0) is 6.42 Å². The number of ether oxygens (including phenoxy) is 1. The average Bonchev–Trinajstić information content (AvgIpc) is 2.53. The fourth-order valence-electron chi connectivity index (χ4n) is 2.09. The number of halogens is 1. The number of methoxy groups -OCH3 is 1. The van der Waals surface area contributed by atoms with Crippen molar-refractivity contribution in [1.82, 2.24) is 5.32 Å². The summed E-state index contributed by atoms with van der Waals surface area (Å²) in [4.78, 5) is 0. The first-order valence-corrected chi connectivity index (χ1v) is 6.96. The molecule has 0 saturated heterocycles. The first-order chi connectivity index (χ1) is 10.2. The molecular formula is C17H20FNO2. The van der Waals surface area contributed by atoms with E-state index in [1.54, 1.807) is 19.2 Å². The molecule has 2 rings (SSSR count). The SMILES string of the molecule is COc1cccc(C(O)CNCCc2ccc(F)cc2)c1. The van der Waals surface area contributed by atoms with Crippen LogP contribution in [0.4, 0.5) is 4.39 Å². The molecule has 3 nitrogen and oxygen atoms in total. The molecule has 0 radical (unpaired) electrons. The van der Waals surface area contributed by atoms with Crippen molar-refractivity contribution in [3.8, 4) is 5.75 Å². The van der Waals surface area contributed by atoms with Gasteiger partial charge in [-0.15, -0.1) is 0 Å². The summed E-state index contributed by atoms with van der Waals surface area (Å²) in [6.45, 7) is 1.20. The Bertz CT molecular complexity index is 557. The smallest absolute Gasteiger partial charge is 0.123 e. The van der Waals surface area contributed by atoms with Crippen LogP contribution in [0.2, 0.25) is 0 Å². The number of rotatable bonds is 7. The van der Waals surface area contributed by atoms with E-state index in [0.29, 0.717) is 6.54 Å². The Kier molecular flexibility index (Phi) is 5.72. The lowest BCUT2D eigenvalue weighted by Gasteiger charge is -2.13. The number of hydrogen-bond acceptors (Lipinski definition) is 3. The minimum atomic E-state index is -0.576. The Hall–Kier alpha value is -1.91. The van der Waals surface area contributed by atoms with E-state index >= 15 is 0 Å². The standard InChI is InChI=1S/C17H20FNO2/c1-21-16-4-2-3-14(11-16)17(20)12-19-10-9-13-5-7-15(18)8-6-13/h2-8,11,17,19-20H,9-10,12H2,1H3. The number of aliphatic hydroxyl groups is 1. The number of nitrogens with one attached hydrogen (secondary N) is 1. The van der Waals surface area contributed by atoms with Gasteiger partial charge in [0.25, 0.3) is 0 Å². The summed E-state index contributed by atoms with van der Waals surface area (Å²) < 4.78 is 17.9. The summed E-state index contributed by atoms with van der Waals surface area (Å²) in [7, 11) is 1.60. The monoisotopic (exact) mass is 289 g/mol. The first kappa shape index (κ1) is 15.5. The normalized spacial score (nSPS) is 12.1. The number of benzene rings is 2. The minimum Gasteiger partial charge on any atom is -0.497 e. The fraction of sp³-hybridized carbons (Fsp3) is 0.294. The van der Waals surface area contributed by atoms with Crippen molar-refractivity contribution in [2.24, 2.45) is 0 Å². The minimum absolute atomic E-state index is 0.222. The van der Waals surface area contributed by atoms with Gasteiger partial charge in [-0.2, -0.15) is 0 Å². The van der Waals surface area contributed by atoms with Crippen LogP contribution in [0, 0.1) is 5.82 Å². The van der Waals surface area contributed by atoms with Gasteiger partial charge in [-0.25, -0.2) is 4.39 Å². The Morgan fingerprint density at radius 3 is 2.67 bits per heavy atom. The van der Waals surface area contributed by atoms with E-state index in [4.69, 9.17) is 4.74 Å².